The van der Waals surface area contributed by atoms with Crippen molar-refractivity contribution in [3.63, 3.8) is 0 Å². The molecule has 160 valence electrons. The summed E-state index contributed by atoms with van der Waals surface area (Å²) in [7, 11) is 0. The first-order chi connectivity index (χ1) is 15.0. The maximum absolute atomic E-state index is 12.8. The van der Waals surface area contributed by atoms with Crippen molar-refractivity contribution in [2.24, 2.45) is 0 Å². The van der Waals surface area contributed by atoms with E-state index in [1.54, 1.807) is 23.1 Å². The summed E-state index contributed by atoms with van der Waals surface area (Å²) >= 11 is 18.7. The Morgan fingerprint density at radius 3 is 2.81 bits per heavy atom. The maximum Gasteiger partial charge on any atom is 0.266 e. The SMILES string of the molecule is O=C1C(=Cc2ccc(-c3ccc(Cl)c(Cl)c3)o2)SC(=S)N1CCCCCc1nn[nH]n1. The lowest BCUT2D eigenvalue weighted by atomic mass is 10.2. The standard InChI is InChI=1S/C20H17Cl2N5O2S2/c21-14-7-5-12(10-15(14)22)16-8-6-13(29-16)11-17-19(28)27(20(30)31-17)9-3-1-2-4-18-23-25-26-24-18/h5-8,10-11H,1-4,9H2,(H,23,24,25,26). The summed E-state index contributed by atoms with van der Waals surface area (Å²) in [4.78, 5) is 15.0. The van der Waals surface area contributed by atoms with Gasteiger partial charge in [-0.05, 0) is 43.2 Å². The molecule has 11 heteroatoms. The number of carbonyl (C=O) groups excluding carboxylic acids is 1. The monoisotopic (exact) mass is 493 g/mol. The number of carbonyl (C=O) groups is 1. The first kappa shape index (κ1) is 22.0. The van der Waals surface area contributed by atoms with Crippen molar-refractivity contribution in [3.8, 4) is 11.3 Å². The van der Waals surface area contributed by atoms with Gasteiger partial charge < -0.3 is 4.42 Å². The normalized spacial score (nSPS) is 15.4. The largest absolute Gasteiger partial charge is 0.457 e. The van der Waals surface area contributed by atoms with Crippen LogP contribution >= 0.6 is 47.2 Å². The average Bonchev–Trinajstić information content (AvgIpc) is 3.48. The summed E-state index contributed by atoms with van der Waals surface area (Å²) in [5.74, 6) is 1.82. The molecule has 1 N–H and O–H groups in total. The van der Waals surface area contributed by atoms with Crippen molar-refractivity contribution < 1.29 is 9.21 Å². The van der Waals surface area contributed by atoms with Crippen LogP contribution in [0.1, 0.15) is 30.8 Å². The van der Waals surface area contributed by atoms with Crippen LogP contribution in [-0.2, 0) is 11.2 Å². The van der Waals surface area contributed by atoms with E-state index in [9.17, 15) is 4.79 Å². The zero-order valence-corrected chi connectivity index (χ0v) is 19.3. The van der Waals surface area contributed by atoms with Gasteiger partial charge in [0.1, 0.15) is 15.8 Å². The Hall–Kier alpha value is -2.20. The van der Waals surface area contributed by atoms with Gasteiger partial charge >= 0.3 is 0 Å². The molecule has 31 heavy (non-hydrogen) atoms. The van der Waals surface area contributed by atoms with Gasteiger partial charge in [-0.25, -0.2) is 0 Å². The molecule has 1 fully saturated rings. The number of thiocarbonyl (C=S) groups is 1. The smallest absolute Gasteiger partial charge is 0.266 e. The zero-order valence-electron chi connectivity index (χ0n) is 16.2. The summed E-state index contributed by atoms with van der Waals surface area (Å²) in [5, 5.41) is 14.8. The highest BCUT2D eigenvalue weighted by Crippen LogP contribution is 2.34. The Kier molecular flexibility index (Phi) is 7.06. The summed E-state index contributed by atoms with van der Waals surface area (Å²) in [6.45, 7) is 0.584. The number of tetrazole rings is 1. The molecule has 0 unspecified atom stereocenters. The molecule has 4 rings (SSSR count). The van der Waals surface area contributed by atoms with Crippen LogP contribution in [0.15, 0.2) is 39.7 Å². The first-order valence-electron chi connectivity index (χ1n) is 9.54. The summed E-state index contributed by atoms with van der Waals surface area (Å²) in [5.41, 5.74) is 0.808. The Morgan fingerprint density at radius 1 is 1.16 bits per heavy atom. The Bertz CT molecular complexity index is 1130. The van der Waals surface area contributed by atoms with Gasteiger partial charge in [-0.1, -0.05) is 58.8 Å². The molecular formula is C20H17Cl2N5O2S2. The van der Waals surface area contributed by atoms with Crippen molar-refractivity contribution in [1.82, 2.24) is 25.5 Å². The molecular weight excluding hydrogens is 477 g/mol. The lowest BCUT2D eigenvalue weighted by molar-refractivity contribution is -0.122. The molecule has 0 radical (unpaired) electrons. The van der Waals surface area contributed by atoms with Crippen LogP contribution in [0.5, 0.6) is 0 Å². The fourth-order valence-electron chi connectivity index (χ4n) is 3.08. The van der Waals surface area contributed by atoms with Gasteiger partial charge in [0.25, 0.3) is 5.91 Å². The van der Waals surface area contributed by atoms with Crippen molar-refractivity contribution in [3.05, 3.63) is 56.9 Å². The molecule has 0 saturated carbocycles. The number of aromatic amines is 1. The van der Waals surface area contributed by atoms with Gasteiger partial charge in [-0.2, -0.15) is 5.21 Å². The number of thioether (sulfide) groups is 1. The Labute approximate surface area is 198 Å². The average molecular weight is 494 g/mol. The summed E-state index contributed by atoms with van der Waals surface area (Å²) in [6.07, 6.45) is 5.19. The lowest BCUT2D eigenvalue weighted by Crippen LogP contribution is -2.29. The number of rotatable bonds is 8. The van der Waals surface area contributed by atoms with E-state index < -0.39 is 0 Å². The highest BCUT2D eigenvalue weighted by Gasteiger charge is 2.31. The first-order valence-corrected chi connectivity index (χ1v) is 11.5. The molecule has 0 spiro atoms. The number of unbranched alkanes of at least 4 members (excludes halogenated alkanes) is 2. The fraction of sp³-hybridized carbons (Fsp3) is 0.250. The van der Waals surface area contributed by atoms with E-state index in [4.69, 9.17) is 39.8 Å². The molecule has 1 aliphatic rings. The number of amides is 1. The molecule has 0 bridgehead atoms. The van der Waals surface area contributed by atoms with Crippen molar-refractivity contribution in [1.29, 1.82) is 0 Å². The van der Waals surface area contributed by atoms with Crippen LogP contribution in [0.3, 0.4) is 0 Å². The minimum Gasteiger partial charge on any atom is -0.457 e. The van der Waals surface area contributed by atoms with Crippen LogP contribution < -0.4 is 0 Å². The van der Waals surface area contributed by atoms with Gasteiger partial charge in [0.15, 0.2) is 5.82 Å². The topological polar surface area (TPSA) is 87.9 Å². The fourth-order valence-corrected chi connectivity index (χ4v) is 4.66. The van der Waals surface area contributed by atoms with E-state index in [1.165, 1.54) is 11.8 Å². The molecule has 3 heterocycles. The van der Waals surface area contributed by atoms with Crippen molar-refractivity contribution in [2.75, 3.05) is 6.54 Å². The van der Waals surface area contributed by atoms with E-state index >= 15 is 0 Å². The zero-order chi connectivity index (χ0) is 21.8. The van der Waals surface area contributed by atoms with Crippen molar-refractivity contribution >= 4 is 63.5 Å². The van der Waals surface area contributed by atoms with E-state index in [0.717, 1.165) is 31.2 Å². The van der Waals surface area contributed by atoms with Gasteiger partial charge in [0, 0.05) is 24.6 Å². The lowest BCUT2D eigenvalue weighted by Gasteiger charge is -2.13. The second-order valence-corrected chi connectivity index (χ2v) is 9.29. The van der Waals surface area contributed by atoms with Gasteiger partial charge in [-0.3, -0.25) is 9.69 Å². The number of nitrogens with zero attached hydrogens (tertiary/aromatic N) is 4. The Balaban J connectivity index is 1.34. The highest BCUT2D eigenvalue weighted by atomic mass is 35.5. The molecule has 0 aliphatic carbocycles. The molecule has 1 amide bonds. The van der Waals surface area contributed by atoms with Gasteiger partial charge in [0.2, 0.25) is 0 Å². The minimum atomic E-state index is -0.0966. The number of nitrogens with one attached hydrogen (secondary N) is 1. The molecule has 7 nitrogen and oxygen atoms in total. The third-order valence-corrected chi connectivity index (χ3v) is 6.77. The Morgan fingerprint density at radius 2 is 2.03 bits per heavy atom. The molecule has 0 atom stereocenters. The molecule has 3 aromatic rings. The number of H-pyrrole nitrogens is 1. The van der Waals surface area contributed by atoms with E-state index in [2.05, 4.69) is 20.6 Å². The molecule has 1 saturated heterocycles. The van der Waals surface area contributed by atoms with Gasteiger partial charge in [-0.15, -0.1) is 10.2 Å². The van der Waals surface area contributed by atoms with E-state index in [1.807, 2.05) is 18.2 Å². The van der Waals surface area contributed by atoms with Crippen LogP contribution in [0.4, 0.5) is 0 Å². The maximum atomic E-state index is 12.8. The summed E-state index contributed by atoms with van der Waals surface area (Å²) in [6, 6.07) is 8.92. The van der Waals surface area contributed by atoms with E-state index in [-0.39, 0.29) is 5.91 Å². The van der Waals surface area contributed by atoms with Crippen LogP contribution in [0, 0.1) is 0 Å². The molecule has 1 aliphatic heterocycles. The van der Waals surface area contributed by atoms with Crippen LogP contribution in [0.2, 0.25) is 10.0 Å². The molecule has 1 aromatic carbocycles. The van der Waals surface area contributed by atoms with Crippen molar-refractivity contribution in [2.45, 2.75) is 25.7 Å². The quantitative estimate of drug-likeness (QED) is 0.256. The number of hydrogen-bond acceptors (Lipinski definition) is 7. The number of aryl methyl sites for hydroxylation is 1. The van der Waals surface area contributed by atoms with Crippen LogP contribution in [0.25, 0.3) is 17.4 Å². The third-order valence-electron chi connectivity index (χ3n) is 4.65. The number of benzene rings is 1. The highest BCUT2D eigenvalue weighted by molar-refractivity contribution is 8.26. The molecule has 2 aromatic heterocycles. The summed E-state index contributed by atoms with van der Waals surface area (Å²) < 4.78 is 6.43. The minimum absolute atomic E-state index is 0.0966. The predicted molar refractivity (Wildman–Crippen MR) is 126 cm³/mol. The number of furan rings is 1. The third kappa shape index (κ3) is 5.35. The number of hydrogen-bond donors (Lipinski definition) is 1. The van der Waals surface area contributed by atoms with Crippen LogP contribution in [-0.4, -0.2) is 42.3 Å². The number of aromatic nitrogens is 4. The second-order valence-electron chi connectivity index (χ2n) is 6.80. The predicted octanol–water partition coefficient (Wildman–Crippen LogP) is 5.38. The van der Waals surface area contributed by atoms with E-state index in [0.29, 0.717) is 43.2 Å². The second kappa shape index (κ2) is 9.95. The number of halogens is 2. The van der Waals surface area contributed by atoms with Gasteiger partial charge in [0.05, 0.1) is 15.0 Å².